The molecule has 10 heteroatoms. The van der Waals surface area contributed by atoms with E-state index in [2.05, 4.69) is 4.98 Å². The van der Waals surface area contributed by atoms with E-state index in [0.717, 1.165) is 35.2 Å². The maximum atomic E-state index is 13.0. The van der Waals surface area contributed by atoms with Crippen molar-refractivity contribution in [2.24, 2.45) is 0 Å². The zero-order valence-electron chi connectivity index (χ0n) is 18.0. The van der Waals surface area contributed by atoms with E-state index in [1.165, 1.54) is 25.5 Å². The number of thiophene rings is 1. The van der Waals surface area contributed by atoms with Crippen molar-refractivity contribution >= 4 is 43.6 Å². The zero-order chi connectivity index (χ0) is 23.0. The summed E-state index contributed by atoms with van der Waals surface area (Å²) in [4.78, 5) is 33.9. The van der Waals surface area contributed by atoms with Crippen LogP contribution in [-0.4, -0.2) is 59.3 Å². The third-order valence-electron chi connectivity index (χ3n) is 6.18. The number of carbonyl (C=O) groups excluding carboxylic acids is 1. The number of benzene rings is 1. The fraction of sp³-hybridized carbons (Fsp3) is 0.348. The number of amides is 1. The molecule has 1 aromatic carbocycles. The molecular formula is C23H24N4O4S2. The lowest BCUT2D eigenvalue weighted by molar-refractivity contribution is -0.133. The van der Waals surface area contributed by atoms with Gasteiger partial charge in [-0.1, -0.05) is 30.3 Å². The highest BCUT2D eigenvalue weighted by molar-refractivity contribution is 7.92. The van der Waals surface area contributed by atoms with Crippen molar-refractivity contribution in [2.75, 3.05) is 26.2 Å². The van der Waals surface area contributed by atoms with Gasteiger partial charge in [0.25, 0.3) is 5.56 Å². The van der Waals surface area contributed by atoms with Gasteiger partial charge in [-0.3, -0.25) is 14.2 Å². The molecule has 3 aromatic rings. The molecule has 172 valence electrons. The van der Waals surface area contributed by atoms with Crippen molar-refractivity contribution in [3.05, 3.63) is 68.4 Å². The number of fused-ring (bicyclic) bond motifs is 3. The molecule has 1 saturated heterocycles. The first kappa shape index (κ1) is 22.0. The minimum absolute atomic E-state index is 0.0902. The maximum Gasteiger partial charge on any atom is 0.262 e. The molecule has 5 rings (SSSR count). The average molecular weight is 485 g/mol. The first-order valence-electron chi connectivity index (χ1n) is 10.9. The van der Waals surface area contributed by atoms with Gasteiger partial charge in [0.1, 0.15) is 11.4 Å². The Morgan fingerprint density at radius 2 is 1.85 bits per heavy atom. The second-order valence-electron chi connectivity index (χ2n) is 8.25. The van der Waals surface area contributed by atoms with Gasteiger partial charge in [0.05, 0.1) is 11.7 Å². The highest BCUT2D eigenvalue weighted by atomic mass is 32.2. The normalized spacial score (nSPS) is 17.2. The quantitative estimate of drug-likeness (QED) is 0.553. The van der Waals surface area contributed by atoms with E-state index < -0.39 is 10.0 Å². The van der Waals surface area contributed by atoms with Gasteiger partial charge >= 0.3 is 0 Å². The predicted octanol–water partition coefficient (Wildman–Crippen LogP) is 2.09. The molecule has 1 fully saturated rings. The minimum atomic E-state index is -3.57. The van der Waals surface area contributed by atoms with Crippen molar-refractivity contribution in [3.8, 4) is 0 Å². The van der Waals surface area contributed by atoms with E-state index in [1.54, 1.807) is 22.3 Å². The van der Waals surface area contributed by atoms with Crippen molar-refractivity contribution in [1.82, 2.24) is 18.8 Å². The molecule has 33 heavy (non-hydrogen) atoms. The summed E-state index contributed by atoms with van der Waals surface area (Å²) in [5.74, 6) is -0.206. The molecule has 0 unspecified atom stereocenters. The van der Waals surface area contributed by atoms with Crippen LogP contribution in [0.2, 0.25) is 0 Å². The van der Waals surface area contributed by atoms with Crippen LogP contribution < -0.4 is 5.56 Å². The Hall–Kier alpha value is -2.82. The maximum absolute atomic E-state index is 13.0. The largest absolute Gasteiger partial charge is 0.338 e. The topological polar surface area (TPSA) is 92.6 Å². The van der Waals surface area contributed by atoms with E-state index in [9.17, 15) is 18.0 Å². The van der Waals surface area contributed by atoms with Gasteiger partial charge in [-0.15, -0.1) is 11.3 Å². The monoisotopic (exact) mass is 484 g/mol. The number of rotatable bonds is 5. The second kappa shape index (κ2) is 8.85. The van der Waals surface area contributed by atoms with Crippen LogP contribution in [0.3, 0.4) is 0 Å². The van der Waals surface area contributed by atoms with Crippen LogP contribution in [0.4, 0.5) is 0 Å². The van der Waals surface area contributed by atoms with Crippen molar-refractivity contribution in [1.29, 1.82) is 0 Å². The summed E-state index contributed by atoms with van der Waals surface area (Å²) in [6.07, 6.45) is 5.95. The number of aromatic nitrogens is 2. The number of piperazine rings is 1. The SMILES string of the molecule is O=C(Cn1cnc2sc3c(c2c1=O)CCC3)N1CCN(S(=O)(=O)/C=C/c2ccccc2)CC1. The van der Waals surface area contributed by atoms with Crippen LogP contribution in [0.1, 0.15) is 22.4 Å². The summed E-state index contributed by atoms with van der Waals surface area (Å²) in [6.45, 7) is 0.924. The molecule has 2 aliphatic rings. The van der Waals surface area contributed by atoms with Crippen LogP contribution in [0.25, 0.3) is 16.3 Å². The number of nitrogens with zero attached hydrogens (tertiary/aromatic N) is 4. The van der Waals surface area contributed by atoms with Crippen molar-refractivity contribution < 1.29 is 13.2 Å². The summed E-state index contributed by atoms with van der Waals surface area (Å²) in [6, 6.07) is 9.24. The van der Waals surface area contributed by atoms with Crippen molar-refractivity contribution in [2.45, 2.75) is 25.8 Å². The van der Waals surface area contributed by atoms with Gasteiger partial charge < -0.3 is 4.90 Å². The molecule has 1 amide bonds. The Bertz CT molecular complexity index is 1390. The van der Waals surface area contributed by atoms with E-state index in [4.69, 9.17) is 0 Å². The first-order chi connectivity index (χ1) is 15.9. The van der Waals surface area contributed by atoms with Gasteiger partial charge in [-0.05, 0) is 36.5 Å². The van der Waals surface area contributed by atoms with Crippen LogP contribution in [0.5, 0.6) is 0 Å². The summed E-state index contributed by atoms with van der Waals surface area (Å²) >= 11 is 1.57. The average Bonchev–Trinajstić information content (AvgIpc) is 3.42. The fourth-order valence-corrected chi connectivity index (χ4v) is 6.78. The lowest BCUT2D eigenvalue weighted by Gasteiger charge is -2.33. The van der Waals surface area contributed by atoms with E-state index in [0.29, 0.717) is 5.39 Å². The molecular weight excluding hydrogens is 460 g/mol. The number of carbonyl (C=O) groups is 1. The Kier molecular flexibility index (Phi) is 5.90. The highest BCUT2D eigenvalue weighted by Crippen LogP contribution is 2.34. The Labute approximate surface area is 195 Å². The van der Waals surface area contributed by atoms with Crippen LogP contribution in [0, 0.1) is 0 Å². The molecule has 8 nitrogen and oxygen atoms in total. The van der Waals surface area contributed by atoms with Crippen LogP contribution >= 0.6 is 11.3 Å². The van der Waals surface area contributed by atoms with Gasteiger partial charge in [-0.25, -0.2) is 13.4 Å². The molecule has 0 atom stereocenters. The van der Waals surface area contributed by atoms with Gasteiger partial charge in [0.2, 0.25) is 15.9 Å². The molecule has 0 bridgehead atoms. The molecule has 1 aliphatic heterocycles. The second-order valence-corrected chi connectivity index (χ2v) is 11.2. The Morgan fingerprint density at radius 3 is 2.61 bits per heavy atom. The highest BCUT2D eigenvalue weighted by Gasteiger charge is 2.28. The molecule has 0 spiro atoms. The van der Waals surface area contributed by atoms with Crippen LogP contribution in [0.15, 0.2) is 46.9 Å². The van der Waals surface area contributed by atoms with Crippen LogP contribution in [-0.2, 0) is 34.2 Å². The van der Waals surface area contributed by atoms with Gasteiger partial charge in [-0.2, -0.15) is 4.31 Å². The number of aryl methyl sites for hydroxylation is 2. The Balaban J connectivity index is 1.24. The lowest BCUT2D eigenvalue weighted by Crippen LogP contribution is -2.51. The summed E-state index contributed by atoms with van der Waals surface area (Å²) < 4.78 is 28.0. The summed E-state index contributed by atoms with van der Waals surface area (Å²) in [5.41, 5.74) is 1.74. The van der Waals surface area contributed by atoms with Gasteiger partial charge in [0.15, 0.2) is 0 Å². The third-order valence-corrected chi connectivity index (χ3v) is 8.95. The lowest BCUT2D eigenvalue weighted by atomic mass is 10.2. The van der Waals surface area contributed by atoms with Gasteiger partial charge in [0, 0.05) is 36.5 Å². The summed E-state index contributed by atoms with van der Waals surface area (Å²) in [7, 11) is -3.57. The first-order valence-corrected chi connectivity index (χ1v) is 13.2. The molecule has 1 aliphatic carbocycles. The predicted molar refractivity (Wildman–Crippen MR) is 128 cm³/mol. The third kappa shape index (κ3) is 4.38. The van der Waals surface area contributed by atoms with E-state index in [1.807, 2.05) is 30.3 Å². The molecule has 2 aromatic heterocycles. The number of hydrogen-bond acceptors (Lipinski definition) is 6. The zero-order valence-corrected chi connectivity index (χ0v) is 19.6. The van der Waals surface area contributed by atoms with Crippen molar-refractivity contribution in [3.63, 3.8) is 0 Å². The fourth-order valence-electron chi connectivity index (χ4n) is 4.38. The molecule has 3 heterocycles. The number of hydrogen-bond donors (Lipinski definition) is 0. The Morgan fingerprint density at radius 1 is 1.09 bits per heavy atom. The van der Waals surface area contributed by atoms with E-state index in [-0.39, 0.29) is 44.2 Å². The molecule has 0 N–H and O–H groups in total. The number of sulfonamides is 1. The minimum Gasteiger partial charge on any atom is -0.338 e. The summed E-state index contributed by atoms with van der Waals surface area (Å²) in [5, 5.41) is 1.86. The van der Waals surface area contributed by atoms with E-state index >= 15 is 0 Å². The molecule has 0 radical (unpaired) electrons. The smallest absolute Gasteiger partial charge is 0.262 e. The standard InChI is InChI=1S/C23H24N4O4S2/c28-20(15-26-16-24-22-21(23(26)29)18-7-4-8-19(18)32-22)25-10-12-27(13-11-25)33(30,31)14-9-17-5-2-1-3-6-17/h1-3,5-6,9,14,16H,4,7-8,10-13,15H2/b14-9+. The molecule has 0 saturated carbocycles.